The predicted octanol–water partition coefficient (Wildman–Crippen LogP) is 4.04. The number of carbonyl (C=O) groups is 1. The lowest BCUT2D eigenvalue weighted by Gasteiger charge is -2.53. The second-order valence-electron chi connectivity index (χ2n) is 6.86. The average Bonchev–Trinajstić information content (AvgIpc) is 2.34. The zero-order valence-electron chi connectivity index (χ0n) is 12.4. The normalized spacial score (nSPS) is 37.0. The molecule has 0 aliphatic heterocycles. The number of allylic oxidation sites excluding steroid dienone is 3. The summed E-state index contributed by atoms with van der Waals surface area (Å²) >= 11 is 0. The predicted molar refractivity (Wildman–Crippen MR) is 76.2 cm³/mol. The summed E-state index contributed by atoms with van der Waals surface area (Å²) < 4.78 is 0. The Morgan fingerprint density at radius 2 is 2.16 bits per heavy atom. The van der Waals surface area contributed by atoms with Crippen LogP contribution in [0.4, 0.5) is 0 Å². The molecular formula is C17H23NO. The molecule has 0 aromatic rings. The van der Waals surface area contributed by atoms with Crippen LogP contribution in [0.3, 0.4) is 0 Å². The van der Waals surface area contributed by atoms with Crippen LogP contribution in [-0.2, 0) is 4.79 Å². The minimum Gasteiger partial charge on any atom is -0.295 e. The minimum absolute atomic E-state index is 0.0856. The molecule has 0 bridgehead atoms. The van der Waals surface area contributed by atoms with E-state index in [1.807, 2.05) is 6.92 Å². The lowest BCUT2D eigenvalue weighted by molar-refractivity contribution is -0.116. The van der Waals surface area contributed by atoms with Crippen molar-refractivity contribution < 1.29 is 4.79 Å². The van der Waals surface area contributed by atoms with Gasteiger partial charge in [-0.2, -0.15) is 5.26 Å². The van der Waals surface area contributed by atoms with Crippen LogP contribution in [-0.4, -0.2) is 5.78 Å². The number of nitrogens with zero attached hydrogens (tertiary/aromatic N) is 1. The molecule has 2 aliphatic rings. The fourth-order valence-electron chi connectivity index (χ4n) is 3.87. The summed E-state index contributed by atoms with van der Waals surface area (Å²) in [4.78, 5) is 11.8. The first-order valence-corrected chi connectivity index (χ1v) is 7.08. The van der Waals surface area contributed by atoms with Gasteiger partial charge in [0.2, 0.25) is 0 Å². The SMILES string of the molecule is C=C(C)[C@@H]1C[C@@H](C)C(C)(C)C2=CC(=O)CC[C@]21C#N. The Hall–Kier alpha value is -1.36. The first-order valence-electron chi connectivity index (χ1n) is 7.08. The molecule has 19 heavy (non-hydrogen) atoms. The molecule has 0 aromatic carbocycles. The van der Waals surface area contributed by atoms with Crippen molar-refractivity contribution in [1.82, 2.24) is 0 Å². The van der Waals surface area contributed by atoms with Crippen LogP contribution < -0.4 is 0 Å². The molecule has 0 spiro atoms. The van der Waals surface area contributed by atoms with E-state index in [1.165, 1.54) is 0 Å². The monoisotopic (exact) mass is 257 g/mol. The Bertz CT molecular complexity index is 506. The molecule has 2 rings (SSSR count). The van der Waals surface area contributed by atoms with Crippen molar-refractivity contribution in [2.45, 2.75) is 47.0 Å². The Kier molecular flexibility index (Phi) is 3.21. The molecule has 0 heterocycles. The minimum atomic E-state index is -0.504. The largest absolute Gasteiger partial charge is 0.295 e. The van der Waals surface area contributed by atoms with Crippen molar-refractivity contribution in [1.29, 1.82) is 5.26 Å². The molecule has 1 saturated carbocycles. The Labute approximate surface area is 116 Å². The van der Waals surface area contributed by atoms with Crippen molar-refractivity contribution in [3.05, 3.63) is 23.8 Å². The molecule has 0 unspecified atom stereocenters. The quantitative estimate of drug-likeness (QED) is 0.665. The summed E-state index contributed by atoms with van der Waals surface area (Å²) in [6.07, 6.45) is 3.90. The van der Waals surface area contributed by atoms with Crippen LogP contribution in [0.1, 0.15) is 47.0 Å². The van der Waals surface area contributed by atoms with Gasteiger partial charge in [-0.15, -0.1) is 0 Å². The second kappa shape index (κ2) is 4.34. The van der Waals surface area contributed by atoms with Crippen molar-refractivity contribution in [2.75, 3.05) is 0 Å². The number of hydrogen-bond acceptors (Lipinski definition) is 2. The summed E-state index contributed by atoms with van der Waals surface area (Å²) in [7, 11) is 0. The summed E-state index contributed by atoms with van der Waals surface area (Å²) in [5, 5.41) is 9.86. The molecular weight excluding hydrogens is 234 g/mol. The standard InChI is InChI=1S/C17H23NO/c1-11(2)14-8-12(3)16(4,5)15-9-13(19)6-7-17(14,15)10-18/h9,12,14H,1,6-8H2,2-5H3/t12-,14+,17-/m1/s1. The van der Waals surface area contributed by atoms with Gasteiger partial charge in [0.05, 0.1) is 11.5 Å². The number of carbonyl (C=O) groups excluding carboxylic acids is 1. The maximum Gasteiger partial charge on any atom is 0.155 e. The lowest BCUT2D eigenvalue weighted by Crippen LogP contribution is -2.48. The van der Waals surface area contributed by atoms with Crippen LogP contribution >= 0.6 is 0 Å². The van der Waals surface area contributed by atoms with Crippen molar-refractivity contribution in [3.8, 4) is 6.07 Å². The van der Waals surface area contributed by atoms with Crippen molar-refractivity contribution in [2.24, 2.45) is 22.7 Å². The topological polar surface area (TPSA) is 40.9 Å². The molecule has 2 aliphatic carbocycles. The van der Waals surface area contributed by atoms with Crippen LogP contribution in [0.5, 0.6) is 0 Å². The van der Waals surface area contributed by atoms with Crippen LogP contribution in [0.25, 0.3) is 0 Å². The molecule has 0 radical (unpaired) electrons. The van der Waals surface area contributed by atoms with Gasteiger partial charge in [-0.05, 0) is 42.7 Å². The highest BCUT2D eigenvalue weighted by atomic mass is 16.1. The van der Waals surface area contributed by atoms with Crippen LogP contribution in [0, 0.1) is 34.0 Å². The zero-order chi connectivity index (χ0) is 14.4. The third kappa shape index (κ3) is 1.87. The van der Waals surface area contributed by atoms with Gasteiger partial charge in [0.1, 0.15) is 0 Å². The van der Waals surface area contributed by atoms with Crippen LogP contribution in [0.15, 0.2) is 23.8 Å². The smallest absolute Gasteiger partial charge is 0.155 e. The van der Waals surface area contributed by atoms with Crippen LogP contribution in [0.2, 0.25) is 0 Å². The Balaban J connectivity index is 2.65. The molecule has 0 N–H and O–H groups in total. The molecule has 0 aromatic heterocycles. The third-order valence-electron chi connectivity index (χ3n) is 5.46. The third-order valence-corrected chi connectivity index (χ3v) is 5.46. The van der Waals surface area contributed by atoms with Gasteiger partial charge in [-0.1, -0.05) is 32.9 Å². The number of rotatable bonds is 1. The van der Waals surface area contributed by atoms with E-state index in [4.69, 9.17) is 0 Å². The molecule has 102 valence electrons. The van der Waals surface area contributed by atoms with E-state index in [0.717, 1.165) is 17.6 Å². The molecule has 1 fully saturated rings. The number of hydrogen-bond donors (Lipinski definition) is 0. The van der Waals surface area contributed by atoms with E-state index in [2.05, 4.69) is 33.4 Å². The Morgan fingerprint density at radius 3 is 2.68 bits per heavy atom. The maximum absolute atomic E-state index is 11.8. The van der Waals surface area contributed by atoms with Crippen molar-refractivity contribution in [3.63, 3.8) is 0 Å². The molecule has 2 nitrogen and oxygen atoms in total. The van der Waals surface area contributed by atoms with E-state index in [-0.39, 0.29) is 17.1 Å². The number of ketones is 1. The van der Waals surface area contributed by atoms with Gasteiger partial charge >= 0.3 is 0 Å². The highest BCUT2D eigenvalue weighted by Gasteiger charge is 2.55. The first kappa shape index (κ1) is 14.1. The summed E-state index contributed by atoms with van der Waals surface area (Å²) in [6, 6.07) is 2.57. The van der Waals surface area contributed by atoms with Crippen molar-refractivity contribution >= 4 is 5.78 Å². The summed E-state index contributed by atoms with van der Waals surface area (Å²) in [5.41, 5.74) is 1.53. The highest BCUT2D eigenvalue weighted by Crippen LogP contribution is 2.60. The summed E-state index contributed by atoms with van der Waals surface area (Å²) in [5.74, 6) is 0.802. The van der Waals surface area contributed by atoms with Gasteiger partial charge in [-0.25, -0.2) is 0 Å². The second-order valence-corrected chi connectivity index (χ2v) is 6.86. The average molecular weight is 257 g/mol. The lowest BCUT2D eigenvalue weighted by atomic mass is 9.48. The van der Waals surface area contributed by atoms with Gasteiger partial charge in [0, 0.05) is 12.3 Å². The molecule has 0 saturated heterocycles. The molecule has 0 amide bonds. The first-order chi connectivity index (χ1) is 8.75. The van der Waals surface area contributed by atoms with Gasteiger partial charge < -0.3 is 0 Å². The van der Waals surface area contributed by atoms with E-state index < -0.39 is 5.41 Å². The Morgan fingerprint density at radius 1 is 1.53 bits per heavy atom. The van der Waals surface area contributed by atoms with E-state index in [9.17, 15) is 10.1 Å². The van der Waals surface area contributed by atoms with Gasteiger partial charge in [0.15, 0.2) is 5.78 Å². The van der Waals surface area contributed by atoms with E-state index >= 15 is 0 Å². The molecule has 3 atom stereocenters. The fraction of sp³-hybridized carbons (Fsp3) is 0.647. The molecule has 2 heteroatoms. The van der Waals surface area contributed by atoms with E-state index in [0.29, 0.717) is 18.8 Å². The van der Waals surface area contributed by atoms with E-state index in [1.54, 1.807) is 6.08 Å². The highest BCUT2D eigenvalue weighted by molar-refractivity contribution is 5.92. The summed E-state index contributed by atoms with van der Waals surface area (Å²) in [6.45, 7) is 12.7. The maximum atomic E-state index is 11.8. The van der Waals surface area contributed by atoms with Gasteiger partial charge in [0.25, 0.3) is 0 Å². The number of fused-ring (bicyclic) bond motifs is 1. The van der Waals surface area contributed by atoms with Gasteiger partial charge in [-0.3, -0.25) is 4.79 Å². The zero-order valence-corrected chi connectivity index (χ0v) is 12.4. The number of nitriles is 1. The fourth-order valence-corrected chi connectivity index (χ4v) is 3.87.